The fourth-order valence-electron chi connectivity index (χ4n) is 3.28. The van der Waals surface area contributed by atoms with E-state index in [0.717, 1.165) is 22.1 Å². The number of nitrogens with zero attached hydrogens (tertiary/aromatic N) is 1. The molecule has 2 heterocycles. The fraction of sp³-hybridized carbons (Fsp3) is 0.118. The number of benzene rings is 2. The number of amides is 2. The highest BCUT2D eigenvalue weighted by Crippen LogP contribution is 2.40. The van der Waals surface area contributed by atoms with Crippen molar-refractivity contribution in [1.29, 1.82) is 0 Å². The molecule has 0 radical (unpaired) electrons. The van der Waals surface area contributed by atoms with Crippen molar-refractivity contribution in [3.63, 3.8) is 0 Å². The zero-order chi connectivity index (χ0) is 15.3. The van der Waals surface area contributed by atoms with Crippen molar-refractivity contribution in [2.24, 2.45) is 5.73 Å². The Kier molecular flexibility index (Phi) is 2.69. The molecule has 0 bridgehead atoms. The summed E-state index contributed by atoms with van der Waals surface area (Å²) in [7, 11) is 0. The van der Waals surface area contributed by atoms with E-state index in [0.29, 0.717) is 12.1 Å². The highest BCUT2D eigenvalue weighted by Gasteiger charge is 2.34. The Balaban J connectivity index is 1.93. The van der Waals surface area contributed by atoms with Crippen molar-refractivity contribution < 1.29 is 9.18 Å². The van der Waals surface area contributed by atoms with E-state index in [1.165, 1.54) is 12.1 Å². The second-order valence-electron chi connectivity index (χ2n) is 5.50. The van der Waals surface area contributed by atoms with Gasteiger partial charge in [-0.15, -0.1) is 0 Å². The van der Waals surface area contributed by atoms with Gasteiger partial charge in [-0.05, 0) is 29.3 Å². The maximum Gasteiger partial charge on any atom is 0.315 e. The summed E-state index contributed by atoms with van der Waals surface area (Å²) >= 11 is 0. The van der Waals surface area contributed by atoms with Crippen molar-refractivity contribution in [3.05, 3.63) is 71.2 Å². The standard InChI is InChI=1S/C17H14FN3O/c18-11-5-6-13-14(8-20-15(13)7-11)16-12-4-2-1-3-10(12)9-21(16)17(19)22/h1-8,16,20H,9H2,(H2,19,22). The molecule has 4 nitrogen and oxygen atoms in total. The van der Waals surface area contributed by atoms with Crippen molar-refractivity contribution in [2.75, 3.05) is 0 Å². The predicted molar refractivity (Wildman–Crippen MR) is 81.7 cm³/mol. The summed E-state index contributed by atoms with van der Waals surface area (Å²) in [5, 5.41) is 0.898. The Labute approximate surface area is 126 Å². The maximum absolute atomic E-state index is 13.4. The molecule has 110 valence electrons. The van der Waals surface area contributed by atoms with Crippen molar-refractivity contribution >= 4 is 16.9 Å². The largest absolute Gasteiger partial charge is 0.361 e. The van der Waals surface area contributed by atoms with E-state index in [-0.39, 0.29) is 11.9 Å². The van der Waals surface area contributed by atoms with Crippen molar-refractivity contribution in [2.45, 2.75) is 12.6 Å². The number of hydrogen-bond acceptors (Lipinski definition) is 1. The Morgan fingerprint density at radius 1 is 1.23 bits per heavy atom. The molecule has 2 amide bonds. The smallest absolute Gasteiger partial charge is 0.315 e. The topological polar surface area (TPSA) is 62.1 Å². The second-order valence-corrected chi connectivity index (χ2v) is 5.50. The first-order chi connectivity index (χ1) is 10.6. The lowest BCUT2D eigenvalue weighted by Gasteiger charge is -2.23. The number of aromatic nitrogens is 1. The van der Waals surface area contributed by atoms with Crippen LogP contribution >= 0.6 is 0 Å². The molecule has 0 saturated heterocycles. The number of rotatable bonds is 1. The molecule has 0 aliphatic carbocycles. The number of halogens is 1. The van der Waals surface area contributed by atoms with Gasteiger partial charge in [0.15, 0.2) is 0 Å². The predicted octanol–water partition coefficient (Wildman–Crippen LogP) is 3.29. The number of urea groups is 1. The van der Waals surface area contributed by atoms with Crippen LogP contribution < -0.4 is 5.73 Å². The lowest BCUT2D eigenvalue weighted by Crippen LogP contribution is -2.34. The summed E-state index contributed by atoms with van der Waals surface area (Å²) < 4.78 is 13.4. The first kappa shape index (κ1) is 12.9. The highest BCUT2D eigenvalue weighted by molar-refractivity contribution is 5.85. The van der Waals surface area contributed by atoms with Crippen LogP contribution in [0.4, 0.5) is 9.18 Å². The maximum atomic E-state index is 13.4. The molecule has 22 heavy (non-hydrogen) atoms. The van der Waals surface area contributed by atoms with Crippen LogP contribution in [0.2, 0.25) is 0 Å². The summed E-state index contributed by atoms with van der Waals surface area (Å²) in [5.41, 5.74) is 9.35. The van der Waals surface area contributed by atoms with E-state index in [9.17, 15) is 9.18 Å². The van der Waals surface area contributed by atoms with Gasteiger partial charge in [0.1, 0.15) is 5.82 Å². The van der Waals surface area contributed by atoms with Gasteiger partial charge in [0.05, 0.1) is 6.04 Å². The third-order valence-electron chi connectivity index (χ3n) is 4.26. The Hall–Kier alpha value is -2.82. The van der Waals surface area contributed by atoms with E-state index in [2.05, 4.69) is 4.98 Å². The number of hydrogen-bond donors (Lipinski definition) is 2. The zero-order valence-electron chi connectivity index (χ0n) is 11.7. The van der Waals surface area contributed by atoms with E-state index in [4.69, 9.17) is 5.73 Å². The molecule has 0 fully saturated rings. The summed E-state index contributed by atoms with van der Waals surface area (Å²) in [4.78, 5) is 16.6. The fourth-order valence-corrected chi connectivity index (χ4v) is 3.28. The van der Waals surface area contributed by atoms with Gasteiger partial charge < -0.3 is 15.6 Å². The molecule has 5 heteroatoms. The summed E-state index contributed by atoms with van der Waals surface area (Å²) in [5.74, 6) is -0.292. The Morgan fingerprint density at radius 3 is 2.86 bits per heavy atom. The number of primary amides is 1. The van der Waals surface area contributed by atoms with Gasteiger partial charge in [-0.1, -0.05) is 24.3 Å². The van der Waals surface area contributed by atoms with Gasteiger partial charge in [-0.25, -0.2) is 9.18 Å². The molecular formula is C17H14FN3O. The van der Waals surface area contributed by atoms with Gasteiger partial charge in [0, 0.05) is 29.2 Å². The average molecular weight is 295 g/mol. The van der Waals surface area contributed by atoms with Gasteiger partial charge in [0.25, 0.3) is 0 Å². The number of nitrogens with one attached hydrogen (secondary N) is 1. The van der Waals surface area contributed by atoms with Gasteiger partial charge >= 0.3 is 6.03 Å². The van der Waals surface area contributed by atoms with Crippen LogP contribution in [-0.4, -0.2) is 15.9 Å². The molecule has 1 unspecified atom stereocenters. The van der Waals surface area contributed by atoms with Crippen LogP contribution in [0.5, 0.6) is 0 Å². The minimum absolute atomic E-state index is 0.243. The van der Waals surface area contributed by atoms with Crippen LogP contribution in [0, 0.1) is 5.82 Å². The molecule has 1 aliphatic heterocycles. The van der Waals surface area contributed by atoms with Crippen LogP contribution in [-0.2, 0) is 6.54 Å². The molecule has 3 N–H and O–H groups in total. The molecule has 0 saturated carbocycles. The minimum atomic E-state index is -0.460. The average Bonchev–Trinajstić information content (AvgIpc) is 3.07. The molecule has 3 aromatic rings. The summed E-state index contributed by atoms with van der Waals surface area (Å²) in [6, 6.07) is 11.8. The molecule has 1 atom stereocenters. The third kappa shape index (κ3) is 1.79. The van der Waals surface area contributed by atoms with Crippen molar-refractivity contribution in [1.82, 2.24) is 9.88 Å². The molecule has 0 spiro atoms. The lowest BCUT2D eigenvalue weighted by atomic mass is 9.97. The molecule has 2 aromatic carbocycles. The highest BCUT2D eigenvalue weighted by atomic mass is 19.1. The van der Waals surface area contributed by atoms with Crippen LogP contribution in [0.3, 0.4) is 0 Å². The quantitative estimate of drug-likeness (QED) is 0.711. The first-order valence-electron chi connectivity index (χ1n) is 7.05. The van der Waals surface area contributed by atoms with Gasteiger partial charge in [-0.3, -0.25) is 0 Å². The zero-order valence-corrected chi connectivity index (χ0v) is 11.7. The van der Waals surface area contributed by atoms with Crippen LogP contribution in [0.15, 0.2) is 48.7 Å². The second kappa shape index (κ2) is 4.59. The number of H-pyrrole nitrogens is 1. The molecule has 4 rings (SSSR count). The van der Waals surface area contributed by atoms with Crippen LogP contribution in [0.25, 0.3) is 10.9 Å². The monoisotopic (exact) mass is 295 g/mol. The molecule has 1 aromatic heterocycles. The normalized spacial score (nSPS) is 17.0. The number of aromatic amines is 1. The minimum Gasteiger partial charge on any atom is -0.361 e. The van der Waals surface area contributed by atoms with Gasteiger partial charge in [-0.2, -0.15) is 0 Å². The number of nitrogens with two attached hydrogens (primary N) is 1. The van der Waals surface area contributed by atoms with Gasteiger partial charge in [0.2, 0.25) is 0 Å². The molecule has 1 aliphatic rings. The van der Waals surface area contributed by atoms with E-state index >= 15 is 0 Å². The third-order valence-corrected chi connectivity index (χ3v) is 4.26. The van der Waals surface area contributed by atoms with Crippen LogP contribution in [0.1, 0.15) is 22.7 Å². The SMILES string of the molecule is NC(=O)N1Cc2ccccc2C1c1c[nH]c2cc(F)ccc12. The number of fused-ring (bicyclic) bond motifs is 2. The van der Waals surface area contributed by atoms with E-state index in [1.54, 1.807) is 11.0 Å². The first-order valence-corrected chi connectivity index (χ1v) is 7.05. The Morgan fingerprint density at radius 2 is 2.05 bits per heavy atom. The Bertz CT molecular complexity index is 886. The van der Waals surface area contributed by atoms with Crippen molar-refractivity contribution in [3.8, 4) is 0 Å². The summed E-state index contributed by atoms with van der Waals surface area (Å²) in [6.07, 6.45) is 1.83. The molecular weight excluding hydrogens is 281 g/mol. The van der Waals surface area contributed by atoms with E-state index in [1.807, 2.05) is 30.5 Å². The summed E-state index contributed by atoms with van der Waals surface area (Å²) in [6.45, 7) is 0.490. The van der Waals surface area contributed by atoms with E-state index < -0.39 is 6.03 Å². The lowest BCUT2D eigenvalue weighted by molar-refractivity contribution is 0.199. The number of carbonyl (C=O) groups excluding carboxylic acids is 1. The number of carbonyl (C=O) groups is 1.